The topological polar surface area (TPSA) is 86.4 Å². The van der Waals surface area contributed by atoms with Crippen LogP contribution in [-0.2, 0) is 0 Å². The van der Waals surface area contributed by atoms with Gasteiger partial charge in [0, 0.05) is 85.2 Å². The third-order valence-electron chi connectivity index (χ3n) is 8.60. The molecule has 1 fully saturated rings. The van der Waals surface area contributed by atoms with Crippen LogP contribution in [0.15, 0.2) is 84.5 Å². The van der Waals surface area contributed by atoms with Gasteiger partial charge in [-0.3, -0.25) is 14.7 Å². The van der Waals surface area contributed by atoms with E-state index >= 15 is 0 Å². The van der Waals surface area contributed by atoms with Crippen LogP contribution in [0.2, 0.25) is 0 Å². The highest BCUT2D eigenvalue weighted by Gasteiger charge is 2.47. The molecule has 1 aliphatic carbocycles. The van der Waals surface area contributed by atoms with Crippen molar-refractivity contribution in [2.24, 2.45) is 5.41 Å². The molecule has 11 heteroatoms. The lowest BCUT2D eigenvalue weighted by molar-refractivity contribution is -0.109. The monoisotopic (exact) mass is 616 g/mol. The Balaban J connectivity index is 1.22. The Bertz CT molecular complexity index is 1770. The van der Waals surface area contributed by atoms with E-state index in [-0.39, 0.29) is 12.1 Å². The Kier molecular flexibility index (Phi) is 8.23. The summed E-state index contributed by atoms with van der Waals surface area (Å²) in [6.07, 6.45) is 3.56. The standard InChI is InChI=1S/C34H35F3N6O2/c1-22-4-5-25(45-29-20-28(23-7-11-38-12-8-23)41-31-26(29)9-13-39-31)19-27(22)32(44)40-24-6-10-33(2,30(18-24)34(35,36)37)21-43-16-14-42(3)15-17-43/h4-9,11-13,18-20H,10,14-17,21H2,1-3H3,(H,39,41)(H,40,44). The van der Waals surface area contributed by atoms with Gasteiger partial charge in [-0.05, 0) is 62.4 Å². The van der Waals surface area contributed by atoms with Crippen molar-refractivity contribution in [1.82, 2.24) is 30.1 Å². The molecule has 1 unspecified atom stereocenters. The summed E-state index contributed by atoms with van der Waals surface area (Å²) in [6.45, 7) is 6.83. The molecule has 4 aromatic rings. The number of nitrogens with one attached hydrogen (secondary N) is 2. The lowest BCUT2D eigenvalue weighted by atomic mass is 9.74. The molecule has 3 aromatic heterocycles. The number of allylic oxidation sites excluding steroid dienone is 2. The van der Waals surface area contributed by atoms with Crippen LogP contribution in [0, 0.1) is 12.3 Å². The fourth-order valence-electron chi connectivity index (χ4n) is 5.99. The number of pyridine rings is 2. The van der Waals surface area contributed by atoms with Gasteiger partial charge in [-0.25, -0.2) is 4.98 Å². The first kappa shape index (κ1) is 30.5. The number of carbonyl (C=O) groups excluding carboxylic acids is 1. The molecule has 234 valence electrons. The van der Waals surface area contributed by atoms with E-state index in [1.807, 2.05) is 31.3 Å². The lowest BCUT2D eigenvalue weighted by Gasteiger charge is -2.42. The summed E-state index contributed by atoms with van der Waals surface area (Å²) in [7, 11) is 2.02. The molecular formula is C34H35F3N6O2. The number of likely N-dealkylation sites (N-methyl/N-ethyl adjacent to an activating group) is 1. The van der Waals surface area contributed by atoms with Crippen LogP contribution in [0.1, 0.15) is 29.3 Å². The molecule has 0 radical (unpaired) electrons. The van der Waals surface area contributed by atoms with Gasteiger partial charge in [-0.1, -0.05) is 19.1 Å². The van der Waals surface area contributed by atoms with Crippen molar-refractivity contribution in [3.63, 3.8) is 0 Å². The van der Waals surface area contributed by atoms with Crippen molar-refractivity contribution in [1.29, 1.82) is 0 Å². The Morgan fingerprint density at radius 3 is 2.58 bits per heavy atom. The number of carbonyl (C=O) groups is 1. The third-order valence-corrected chi connectivity index (χ3v) is 8.60. The van der Waals surface area contributed by atoms with Crippen molar-refractivity contribution in [3.8, 4) is 22.8 Å². The van der Waals surface area contributed by atoms with Gasteiger partial charge in [0.2, 0.25) is 0 Å². The second-order valence-electron chi connectivity index (χ2n) is 12.1. The first-order valence-electron chi connectivity index (χ1n) is 14.9. The molecule has 6 rings (SSSR count). The second-order valence-corrected chi connectivity index (χ2v) is 12.1. The Morgan fingerprint density at radius 1 is 1.09 bits per heavy atom. The van der Waals surface area contributed by atoms with E-state index in [2.05, 4.69) is 30.1 Å². The maximum absolute atomic E-state index is 14.4. The third kappa shape index (κ3) is 6.64. The highest BCUT2D eigenvalue weighted by molar-refractivity contribution is 5.97. The largest absolute Gasteiger partial charge is 0.456 e. The molecule has 45 heavy (non-hydrogen) atoms. The number of aromatic amines is 1. The number of hydrogen-bond donors (Lipinski definition) is 2. The van der Waals surface area contributed by atoms with E-state index in [9.17, 15) is 18.0 Å². The molecule has 2 N–H and O–H groups in total. The predicted molar refractivity (Wildman–Crippen MR) is 167 cm³/mol. The summed E-state index contributed by atoms with van der Waals surface area (Å²) < 4.78 is 49.4. The van der Waals surface area contributed by atoms with Gasteiger partial charge in [0.05, 0.1) is 11.1 Å². The van der Waals surface area contributed by atoms with E-state index in [1.54, 1.807) is 56.7 Å². The molecule has 1 saturated heterocycles. The quantitative estimate of drug-likeness (QED) is 0.247. The Morgan fingerprint density at radius 2 is 1.84 bits per heavy atom. The summed E-state index contributed by atoms with van der Waals surface area (Å²) in [6, 6.07) is 12.5. The molecule has 4 heterocycles. The maximum atomic E-state index is 14.4. The van der Waals surface area contributed by atoms with Crippen molar-refractivity contribution in [2.45, 2.75) is 26.4 Å². The normalized spacial score (nSPS) is 19.7. The van der Waals surface area contributed by atoms with Crippen molar-refractivity contribution >= 4 is 16.9 Å². The molecule has 0 bridgehead atoms. The molecule has 0 saturated carbocycles. The number of fused-ring (bicyclic) bond motifs is 1. The number of H-pyrrole nitrogens is 1. The second kappa shape index (κ2) is 12.1. The molecule has 8 nitrogen and oxygen atoms in total. The van der Waals surface area contributed by atoms with Crippen LogP contribution >= 0.6 is 0 Å². The summed E-state index contributed by atoms with van der Waals surface area (Å²) in [5, 5.41) is 3.48. The molecule has 1 aliphatic heterocycles. The van der Waals surface area contributed by atoms with E-state index in [1.165, 1.54) is 0 Å². The number of ether oxygens (including phenoxy) is 1. The first-order valence-corrected chi connectivity index (χ1v) is 14.9. The molecular weight excluding hydrogens is 581 g/mol. The molecule has 1 aromatic carbocycles. The zero-order valence-corrected chi connectivity index (χ0v) is 25.4. The molecule has 0 spiro atoms. The molecule has 2 aliphatic rings. The van der Waals surface area contributed by atoms with Gasteiger partial charge >= 0.3 is 6.18 Å². The average molecular weight is 617 g/mol. The van der Waals surface area contributed by atoms with Gasteiger partial charge in [-0.15, -0.1) is 0 Å². The fourth-order valence-corrected chi connectivity index (χ4v) is 5.99. The highest BCUT2D eigenvalue weighted by Crippen LogP contribution is 2.45. The van der Waals surface area contributed by atoms with E-state index in [4.69, 9.17) is 4.74 Å². The number of amides is 1. The maximum Gasteiger partial charge on any atom is 0.413 e. The van der Waals surface area contributed by atoms with E-state index in [0.29, 0.717) is 40.5 Å². The first-order chi connectivity index (χ1) is 21.5. The van der Waals surface area contributed by atoms with Gasteiger partial charge in [0.1, 0.15) is 17.1 Å². The summed E-state index contributed by atoms with van der Waals surface area (Å²) in [4.78, 5) is 29.6. The number of piperazine rings is 1. The minimum Gasteiger partial charge on any atom is -0.456 e. The Hall–Kier alpha value is -4.48. The van der Waals surface area contributed by atoms with Crippen LogP contribution in [0.3, 0.4) is 0 Å². The number of nitrogens with zero attached hydrogens (tertiary/aromatic N) is 4. The number of aryl methyl sites for hydroxylation is 1. The number of hydrogen-bond acceptors (Lipinski definition) is 6. The molecule has 1 amide bonds. The number of rotatable bonds is 7. The minimum atomic E-state index is -4.53. The van der Waals surface area contributed by atoms with E-state index < -0.39 is 23.1 Å². The van der Waals surface area contributed by atoms with Crippen LogP contribution < -0.4 is 10.1 Å². The minimum absolute atomic E-state index is 0.138. The lowest BCUT2D eigenvalue weighted by Crippen LogP contribution is -2.49. The molecule has 1 atom stereocenters. The van der Waals surface area contributed by atoms with Gasteiger partial charge < -0.3 is 19.9 Å². The van der Waals surface area contributed by atoms with Crippen molar-refractivity contribution in [2.75, 3.05) is 39.8 Å². The van der Waals surface area contributed by atoms with Crippen LogP contribution in [-0.4, -0.2) is 76.6 Å². The summed E-state index contributed by atoms with van der Waals surface area (Å²) in [5.74, 6) is 0.434. The SMILES string of the molecule is Cc1ccc(Oc2cc(-c3ccncc3)nc3[nH]ccc23)cc1C(=O)NC1=CCC(C)(CN2CCN(C)CC2)C(C(F)(F)F)=C1. The summed E-state index contributed by atoms with van der Waals surface area (Å²) >= 11 is 0. The zero-order chi connectivity index (χ0) is 31.8. The van der Waals surface area contributed by atoms with Crippen LogP contribution in [0.5, 0.6) is 11.5 Å². The van der Waals surface area contributed by atoms with Gasteiger partial charge in [-0.2, -0.15) is 13.2 Å². The Labute approximate surface area is 259 Å². The van der Waals surface area contributed by atoms with E-state index in [0.717, 1.165) is 43.2 Å². The fraction of sp³-hybridized carbons (Fsp3) is 0.324. The number of halogens is 3. The number of alkyl halides is 3. The summed E-state index contributed by atoms with van der Waals surface area (Å²) in [5.41, 5.74) is 1.55. The number of aromatic nitrogens is 3. The van der Waals surface area contributed by atoms with Crippen molar-refractivity contribution in [3.05, 3.63) is 95.6 Å². The van der Waals surface area contributed by atoms with Gasteiger partial charge in [0.25, 0.3) is 5.91 Å². The zero-order valence-electron chi connectivity index (χ0n) is 25.4. The van der Waals surface area contributed by atoms with Crippen LogP contribution in [0.4, 0.5) is 13.2 Å². The van der Waals surface area contributed by atoms with Crippen LogP contribution in [0.25, 0.3) is 22.3 Å². The van der Waals surface area contributed by atoms with Gasteiger partial charge in [0.15, 0.2) is 0 Å². The predicted octanol–water partition coefficient (Wildman–Crippen LogP) is 6.49. The highest BCUT2D eigenvalue weighted by atomic mass is 19.4. The average Bonchev–Trinajstić information content (AvgIpc) is 3.49. The van der Waals surface area contributed by atoms with Crippen molar-refractivity contribution < 1.29 is 22.7 Å². The number of benzene rings is 1. The smallest absolute Gasteiger partial charge is 0.413 e.